The second-order valence-electron chi connectivity index (χ2n) is 11.6. The molecule has 2 heterocycles. The number of nitrogen functional groups attached to an aromatic ring is 1. The molecule has 0 bridgehead atoms. The van der Waals surface area contributed by atoms with Crippen LogP contribution >= 0.6 is 23.5 Å². The van der Waals surface area contributed by atoms with Crippen molar-refractivity contribution in [3.05, 3.63) is 56.0 Å². The molecule has 25 heteroatoms. The van der Waals surface area contributed by atoms with Gasteiger partial charge in [-0.3, -0.25) is 24.4 Å². The number of fused-ring (bicyclic) bond motifs is 1. The fourth-order valence-electron chi connectivity index (χ4n) is 4.79. The van der Waals surface area contributed by atoms with Gasteiger partial charge < -0.3 is 49.2 Å². The molecule has 2 unspecified atom stereocenters. The number of nitrogens with zero attached hydrogens (tertiary/aromatic N) is 3. The van der Waals surface area contributed by atoms with E-state index in [4.69, 9.17) is 29.7 Å². The van der Waals surface area contributed by atoms with Gasteiger partial charge in [-0.1, -0.05) is 27.7 Å². The van der Waals surface area contributed by atoms with E-state index in [1.165, 1.54) is 36.1 Å². The number of nitro groups is 1. The van der Waals surface area contributed by atoms with Crippen molar-refractivity contribution >= 4 is 46.1 Å². The molecule has 0 aliphatic rings. The molecule has 0 radical (unpaired) electrons. The van der Waals surface area contributed by atoms with Crippen LogP contribution in [0.3, 0.4) is 0 Å². The Kier molecular flexibility index (Phi) is 13.3. The largest absolute Gasteiger partial charge is 0.497 e. The molecule has 0 aliphatic carbocycles. The second-order valence-corrected chi connectivity index (χ2v) is 16.1. The van der Waals surface area contributed by atoms with Crippen LogP contribution in [-0.4, -0.2) is 70.6 Å². The number of benzene rings is 1. The predicted octanol–water partition coefficient (Wildman–Crippen LogP) is 3.16. The summed E-state index contributed by atoms with van der Waals surface area (Å²) in [6, 6.07) is 4.23. The number of aliphatic hydroxyl groups is 1. The fraction of sp³-hybridized carbons (Fsp3) is 0.520. The summed E-state index contributed by atoms with van der Waals surface area (Å²) in [6.07, 6.45) is -1.87. The van der Waals surface area contributed by atoms with Crippen LogP contribution in [0.1, 0.15) is 57.6 Å². The lowest BCUT2D eigenvalue weighted by molar-refractivity contribution is -0.386. The minimum absolute atomic E-state index is 0.000875. The number of ether oxygens (including phenoxy) is 3. The number of hydrogen-bond acceptors (Lipinski definition) is 15. The Morgan fingerprint density at radius 2 is 1.78 bits per heavy atom. The van der Waals surface area contributed by atoms with Gasteiger partial charge in [-0.2, -0.15) is 13.6 Å². The summed E-state index contributed by atoms with van der Waals surface area (Å²) >= 11 is 0. The van der Waals surface area contributed by atoms with E-state index in [2.05, 4.69) is 23.1 Å². The summed E-state index contributed by atoms with van der Waals surface area (Å²) in [7, 11) is -15.5. The summed E-state index contributed by atoms with van der Waals surface area (Å²) in [5.74, 6) is 0.0839. The first-order valence-corrected chi connectivity index (χ1v) is 18.9. The molecule has 2 aromatic heterocycles. The van der Waals surface area contributed by atoms with Gasteiger partial charge in [-0.05, 0) is 24.0 Å². The number of hydrogen-bond donors (Lipinski definition) is 7. The minimum atomic E-state index is -5.79. The molecule has 3 aromatic rings. The summed E-state index contributed by atoms with van der Waals surface area (Å²) in [6.45, 7) is 4.95. The van der Waals surface area contributed by atoms with Gasteiger partial charge in [-0.15, -0.1) is 0 Å². The zero-order valence-corrected chi connectivity index (χ0v) is 29.9. The number of aliphatic hydroxyl groups excluding tert-OH is 1. The molecule has 8 N–H and O–H groups in total. The van der Waals surface area contributed by atoms with Crippen LogP contribution in [0.4, 0.5) is 11.6 Å². The lowest BCUT2D eigenvalue weighted by Gasteiger charge is -2.31. The van der Waals surface area contributed by atoms with E-state index in [9.17, 15) is 43.5 Å². The van der Waals surface area contributed by atoms with E-state index in [-0.39, 0.29) is 46.8 Å². The Hall–Kier alpha value is -3.07. The molecular weight excluding hydrogens is 735 g/mol. The molecule has 0 saturated heterocycles. The highest BCUT2D eigenvalue weighted by atomic mass is 31.3. The van der Waals surface area contributed by atoms with Crippen molar-refractivity contribution in [2.75, 3.05) is 26.1 Å². The van der Waals surface area contributed by atoms with Gasteiger partial charge in [0.1, 0.15) is 18.1 Å². The summed E-state index contributed by atoms with van der Waals surface area (Å²) in [5.41, 5.74) is 4.71. The molecule has 50 heavy (non-hydrogen) atoms. The number of nitrogens with one attached hydrogen (secondary N) is 1. The Morgan fingerprint density at radius 3 is 2.32 bits per heavy atom. The molecule has 3 rings (SSSR count). The number of nitrogens with two attached hydrogens (primary N) is 1. The van der Waals surface area contributed by atoms with Gasteiger partial charge in [0.2, 0.25) is 5.95 Å². The fourth-order valence-corrected chi connectivity index (χ4v) is 7.84. The third-order valence-corrected chi connectivity index (χ3v) is 10.5. The monoisotopic (exact) mass is 773 g/mol. The third kappa shape index (κ3) is 11.0. The molecule has 280 valence electrons. The topological polar surface area (TPSA) is 328 Å². The quantitative estimate of drug-likeness (QED) is 0.0554. The van der Waals surface area contributed by atoms with Crippen LogP contribution in [0.5, 0.6) is 5.75 Å². The highest BCUT2D eigenvalue weighted by molar-refractivity contribution is 7.66. The molecule has 22 nitrogen and oxygen atoms in total. The molecular formula is C25H38N5O17P3. The number of aromatic nitrogens is 3. The molecule has 1 aromatic carbocycles. The summed E-state index contributed by atoms with van der Waals surface area (Å²) in [5, 5.41) is 21.8. The molecule has 0 fully saturated rings. The SMILES string of the molecule is CC[C@@H](O[C@@H](CO)COP(=O)(O)OP(=O)(O)OP(=O)(O)O)n1cc(CO[C@H](c2cc(OC)ccc2[N+](=O)[O-])C(C)(C)C)c2c(=O)[nH]c(N)nc21. The Morgan fingerprint density at radius 1 is 1.12 bits per heavy atom. The number of phosphoric ester groups is 1. The zero-order chi connectivity index (χ0) is 37.8. The Labute approximate surface area is 283 Å². The highest BCUT2D eigenvalue weighted by Crippen LogP contribution is 2.66. The van der Waals surface area contributed by atoms with Gasteiger partial charge in [-0.25, -0.2) is 13.7 Å². The molecule has 0 saturated carbocycles. The van der Waals surface area contributed by atoms with Gasteiger partial charge in [0.25, 0.3) is 11.2 Å². The number of methoxy groups -OCH3 is 1. The molecule has 5 atom stereocenters. The normalized spacial score (nSPS) is 16.8. The first kappa shape index (κ1) is 41.4. The first-order chi connectivity index (χ1) is 23.0. The van der Waals surface area contributed by atoms with Crippen molar-refractivity contribution < 1.29 is 70.7 Å². The highest BCUT2D eigenvalue weighted by Gasteiger charge is 2.41. The average molecular weight is 774 g/mol. The van der Waals surface area contributed by atoms with Crippen LogP contribution < -0.4 is 16.0 Å². The summed E-state index contributed by atoms with van der Waals surface area (Å²) in [4.78, 5) is 67.7. The van der Waals surface area contributed by atoms with Crippen molar-refractivity contribution in [3.63, 3.8) is 0 Å². The maximum absolute atomic E-state index is 13.1. The Bertz CT molecular complexity index is 1890. The first-order valence-electron chi connectivity index (χ1n) is 14.4. The smallest absolute Gasteiger partial charge is 0.490 e. The number of H-pyrrole nitrogens is 1. The number of phosphoric acid groups is 3. The number of nitro benzene ring substituents is 1. The van der Waals surface area contributed by atoms with Gasteiger partial charge >= 0.3 is 23.5 Å². The molecule has 0 spiro atoms. The van der Waals surface area contributed by atoms with Crippen molar-refractivity contribution in [1.82, 2.24) is 14.5 Å². The van der Waals surface area contributed by atoms with Gasteiger partial charge in [0.15, 0.2) is 5.65 Å². The Balaban J connectivity index is 1.95. The van der Waals surface area contributed by atoms with E-state index < -0.39 is 71.0 Å². The van der Waals surface area contributed by atoms with Crippen LogP contribution in [-0.2, 0) is 42.9 Å². The van der Waals surface area contributed by atoms with E-state index >= 15 is 0 Å². The molecule has 0 aliphatic heterocycles. The van der Waals surface area contributed by atoms with Crippen LogP contribution in [0, 0.1) is 15.5 Å². The maximum atomic E-state index is 13.1. The molecule has 0 amide bonds. The van der Waals surface area contributed by atoms with Crippen molar-refractivity contribution in [3.8, 4) is 5.75 Å². The van der Waals surface area contributed by atoms with Crippen LogP contribution in [0.15, 0.2) is 29.2 Å². The lowest BCUT2D eigenvalue weighted by Crippen LogP contribution is -2.28. The van der Waals surface area contributed by atoms with Crippen LogP contribution in [0.2, 0.25) is 0 Å². The van der Waals surface area contributed by atoms with Gasteiger partial charge in [0.05, 0.1) is 48.9 Å². The van der Waals surface area contributed by atoms with E-state index in [0.717, 1.165) is 0 Å². The van der Waals surface area contributed by atoms with Crippen molar-refractivity contribution in [2.24, 2.45) is 5.41 Å². The average Bonchev–Trinajstić information content (AvgIpc) is 3.32. The maximum Gasteiger partial charge on any atom is 0.490 e. The van der Waals surface area contributed by atoms with Crippen molar-refractivity contribution in [1.29, 1.82) is 0 Å². The number of rotatable bonds is 18. The van der Waals surface area contributed by atoms with Crippen molar-refractivity contribution in [2.45, 2.75) is 59.2 Å². The van der Waals surface area contributed by atoms with E-state index in [1.807, 2.05) is 0 Å². The van der Waals surface area contributed by atoms with E-state index in [1.54, 1.807) is 27.7 Å². The zero-order valence-electron chi connectivity index (χ0n) is 27.3. The summed E-state index contributed by atoms with van der Waals surface area (Å²) < 4.78 is 65.4. The minimum Gasteiger partial charge on any atom is -0.497 e. The standard InChI is InChI=1S/C25H38N5O17P3/c1-6-19(45-16(11-31)13-44-49(38,39)47-50(40,41)46-48(35,36)37)29-10-14(20-22(29)27-24(26)28-23(20)32)12-43-21(25(2,3)4)17-9-15(42-5)7-8-18(17)30(33)34/h7-10,16,19,21,31H,6,11-13H2,1-5H3,(H,38,39)(H,40,41)(H2,35,36,37)(H3,26,27,28,32)/t16-,19+,21+/m0/s1. The lowest BCUT2D eigenvalue weighted by atomic mass is 9.83. The second kappa shape index (κ2) is 16.1. The number of aromatic amines is 1. The predicted molar refractivity (Wildman–Crippen MR) is 173 cm³/mol. The third-order valence-electron chi connectivity index (χ3n) is 6.74. The van der Waals surface area contributed by atoms with Gasteiger partial charge in [0, 0.05) is 17.8 Å². The van der Waals surface area contributed by atoms with E-state index in [0.29, 0.717) is 5.75 Å². The van der Waals surface area contributed by atoms with Crippen LogP contribution in [0.25, 0.3) is 11.0 Å². The number of anilines is 1.